The summed E-state index contributed by atoms with van der Waals surface area (Å²) in [7, 11) is -0.474. The maximum absolute atomic E-state index is 12.6. The Labute approximate surface area is 184 Å². The Bertz CT molecular complexity index is 948. The van der Waals surface area contributed by atoms with Gasteiger partial charge >= 0.3 is 13.1 Å². The Morgan fingerprint density at radius 3 is 1.97 bits per heavy atom. The fourth-order valence-electron chi connectivity index (χ4n) is 3.57. The summed E-state index contributed by atoms with van der Waals surface area (Å²) in [5.41, 5.74) is 3.18. The van der Waals surface area contributed by atoms with Gasteiger partial charge in [0, 0.05) is 12.0 Å². The molecular weight excluding hydrogens is 393 g/mol. The average Bonchev–Trinajstić information content (AvgIpc) is 2.88. The fraction of sp³-hybridized carbons (Fsp3) is 0.417. The first-order valence-corrected chi connectivity index (χ1v) is 10.4. The lowest BCUT2D eigenvalue weighted by Crippen LogP contribution is -2.42. The van der Waals surface area contributed by atoms with E-state index in [0.717, 1.165) is 22.2 Å². The Balaban J connectivity index is 1.69. The Morgan fingerprint density at radius 2 is 1.48 bits per heavy atom. The number of aryl methyl sites for hydroxylation is 2. The zero-order valence-electron chi connectivity index (χ0n) is 19.0. The highest BCUT2D eigenvalue weighted by atomic mass is 16.7. The van der Waals surface area contributed by atoms with E-state index in [1.807, 2.05) is 71.9 Å². The predicted octanol–water partition coefficient (Wildman–Crippen LogP) is 3.03. The minimum Gasteiger partial charge on any atom is -0.480 e. The smallest absolute Gasteiger partial charge is 0.480 e. The van der Waals surface area contributed by atoms with E-state index in [1.165, 1.54) is 0 Å². The predicted molar refractivity (Wildman–Crippen MR) is 121 cm³/mol. The molecule has 2 N–H and O–H groups in total. The lowest BCUT2D eigenvalue weighted by Gasteiger charge is -2.32. The van der Waals surface area contributed by atoms with Gasteiger partial charge in [0.2, 0.25) is 0 Å². The number of carboxylic acid groups (broad SMARTS) is 1. The summed E-state index contributed by atoms with van der Waals surface area (Å²) in [6.45, 7) is 11.8. The molecule has 0 bridgehead atoms. The maximum atomic E-state index is 12.6. The third-order valence-electron chi connectivity index (χ3n) is 6.03. The van der Waals surface area contributed by atoms with Crippen LogP contribution in [0.4, 0.5) is 0 Å². The van der Waals surface area contributed by atoms with Crippen LogP contribution in [0.15, 0.2) is 42.5 Å². The van der Waals surface area contributed by atoms with E-state index in [1.54, 1.807) is 12.1 Å². The lowest BCUT2D eigenvalue weighted by molar-refractivity contribution is -0.139. The van der Waals surface area contributed by atoms with Gasteiger partial charge in [-0.05, 0) is 64.7 Å². The Hall–Kier alpha value is -2.64. The summed E-state index contributed by atoms with van der Waals surface area (Å²) in [6.07, 6.45) is 0.176. The number of carbonyl (C=O) groups excluding carboxylic acids is 1. The van der Waals surface area contributed by atoms with Crippen molar-refractivity contribution in [2.75, 3.05) is 0 Å². The molecule has 164 valence electrons. The molecule has 0 aliphatic carbocycles. The molecule has 3 rings (SSSR count). The van der Waals surface area contributed by atoms with Crippen molar-refractivity contribution in [2.24, 2.45) is 0 Å². The van der Waals surface area contributed by atoms with Gasteiger partial charge in [-0.1, -0.05) is 41.5 Å². The van der Waals surface area contributed by atoms with Crippen molar-refractivity contribution < 1.29 is 24.0 Å². The first-order chi connectivity index (χ1) is 14.4. The minimum atomic E-state index is -1.08. The molecule has 0 spiro atoms. The van der Waals surface area contributed by atoms with Crippen LogP contribution in [0.25, 0.3) is 0 Å². The van der Waals surface area contributed by atoms with Crippen molar-refractivity contribution in [3.05, 3.63) is 64.7 Å². The molecule has 0 saturated carbocycles. The van der Waals surface area contributed by atoms with Crippen molar-refractivity contribution in [1.29, 1.82) is 0 Å². The van der Waals surface area contributed by atoms with E-state index < -0.39 is 36.2 Å². The number of hydrogen-bond donors (Lipinski definition) is 2. The van der Waals surface area contributed by atoms with Crippen LogP contribution in [0.2, 0.25) is 0 Å². The highest BCUT2D eigenvalue weighted by Crippen LogP contribution is 2.36. The van der Waals surface area contributed by atoms with Crippen molar-refractivity contribution >= 4 is 24.5 Å². The third-order valence-corrected chi connectivity index (χ3v) is 6.03. The van der Waals surface area contributed by atoms with Gasteiger partial charge in [-0.25, -0.2) is 4.79 Å². The minimum absolute atomic E-state index is 0.176. The van der Waals surface area contributed by atoms with Crippen molar-refractivity contribution in [1.82, 2.24) is 5.32 Å². The van der Waals surface area contributed by atoms with Crippen molar-refractivity contribution in [3.8, 4) is 0 Å². The van der Waals surface area contributed by atoms with Gasteiger partial charge in [0.05, 0.1) is 11.2 Å². The number of amides is 1. The number of rotatable bonds is 6. The van der Waals surface area contributed by atoms with Crippen LogP contribution in [0.5, 0.6) is 0 Å². The molecule has 1 amide bonds. The van der Waals surface area contributed by atoms with Crippen LogP contribution in [0, 0.1) is 13.8 Å². The van der Waals surface area contributed by atoms with E-state index in [-0.39, 0.29) is 6.42 Å². The van der Waals surface area contributed by atoms with E-state index in [2.05, 4.69) is 5.32 Å². The molecule has 2 aromatic rings. The fourth-order valence-corrected chi connectivity index (χ4v) is 3.57. The van der Waals surface area contributed by atoms with E-state index in [9.17, 15) is 14.7 Å². The van der Waals surface area contributed by atoms with E-state index in [0.29, 0.717) is 5.56 Å². The number of hydrogen-bond acceptors (Lipinski definition) is 4. The third kappa shape index (κ3) is 5.17. The SMILES string of the molecule is Cc1cc(C)cc(C(=O)N[C@H](Cc2ccc(B3OC(C)(C)C(C)(C)O3)cc2)C(=O)O)c1. The number of nitrogens with one attached hydrogen (secondary N) is 1. The molecule has 7 heteroatoms. The number of aliphatic carboxylic acids is 1. The monoisotopic (exact) mass is 423 g/mol. The molecule has 1 heterocycles. The molecule has 1 fully saturated rings. The molecule has 0 radical (unpaired) electrons. The first-order valence-electron chi connectivity index (χ1n) is 10.4. The second kappa shape index (κ2) is 8.48. The van der Waals surface area contributed by atoms with Crippen LogP contribution < -0.4 is 10.8 Å². The van der Waals surface area contributed by atoms with Gasteiger partial charge in [-0.15, -0.1) is 0 Å². The van der Waals surface area contributed by atoms with Crippen molar-refractivity contribution in [3.63, 3.8) is 0 Å². The van der Waals surface area contributed by atoms with Crippen LogP contribution in [0.3, 0.4) is 0 Å². The second-order valence-electron chi connectivity index (χ2n) is 9.27. The van der Waals surface area contributed by atoms with E-state index >= 15 is 0 Å². The van der Waals surface area contributed by atoms with Gasteiger partial charge in [0.15, 0.2) is 0 Å². The summed E-state index contributed by atoms with van der Waals surface area (Å²) in [6, 6.07) is 11.9. The summed E-state index contributed by atoms with van der Waals surface area (Å²) in [5.74, 6) is -1.47. The molecule has 31 heavy (non-hydrogen) atoms. The number of carbonyl (C=O) groups is 2. The maximum Gasteiger partial charge on any atom is 0.494 e. The Kier molecular flexibility index (Phi) is 6.30. The van der Waals surface area contributed by atoms with Gasteiger partial charge in [-0.3, -0.25) is 4.79 Å². The lowest BCUT2D eigenvalue weighted by atomic mass is 9.78. The quantitative estimate of drug-likeness (QED) is 0.698. The van der Waals surface area contributed by atoms with Gasteiger partial charge < -0.3 is 19.7 Å². The van der Waals surface area contributed by atoms with Crippen LogP contribution in [0.1, 0.15) is 54.7 Å². The van der Waals surface area contributed by atoms with Gasteiger partial charge in [-0.2, -0.15) is 0 Å². The topological polar surface area (TPSA) is 84.9 Å². The van der Waals surface area contributed by atoms with E-state index in [4.69, 9.17) is 9.31 Å². The molecular formula is C24H30BNO5. The second-order valence-corrected chi connectivity index (χ2v) is 9.27. The summed E-state index contributed by atoms with van der Waals surface area (Å²) in [4.78, 5) is 24.4. The van der Waals surface area contributed by atoms with Crippen molar-refractivity contribution in [2.45, 2.75) is 65.2 Å². The largest absolute Gasteiger partial charge is 0.494 e. The molecule has 0 unspecified atom stereocenters. The van der Waals surface area contributed by atoms with Gasteiger partial charge in [0.1, 0.15) is 6.04 Å². The molecule has 2 aromatic carbocycles. The average molecular weight is 423 g/mol. The zero-order chi connectivity index (χ0) is 23.0. The standard InChI is InChI=1S/C24H30BNO5/c1-15-11-16(2)13-18(12-15)21(27)26-20(22(28)29)14-17-7-9-19(10-8-17)25-30-23(3,4)24(5,6)31-25/h7-13,20H,14H2,1-6H3,(H,26,27)(H,28,29)/t20-/m1/s1. The van der Waals surface area contributed by atoms with Crippen LogP contribution in [-0.4, -0.2) is 41.3 Å². The molecule has 1 aliphatic heterocycles. The Morgan fingerprint density at radius 1 is 0.968 bits per heavy atom. The number of carboxylic acids is 1. The summed E-state index contributed by atoms with van der Waals surface area (Å²) in [5, 5.41) is 12.3. The van der Waals surface area contributed by atoms with Crippen LogP contribution >= 0.6 is 0 Å². The molecule has 1 aliphatic rings. The molecule has 0 aromatic heterocycles. The summed E-state index contributed by atoms with van der Waals surface area (Å²) >= 11 is 0. The molecule has 1 saturated heterocycles. The zero-order valence-corrected chi connectivity index (χ0v) is 19.0. The van der Waals surface area contributed by atoms with Crippen LogP contribution in [-0.2, 0) is 20.5 Å². The molecule has 1 atom stereocenters. The molecule has 6 nitrogen and oxygen atoms in total. The van der Waals surface area contributed by atoms with Gasteiger partial charge in [0.25, 0.3) is 5.91 Å². The highest BCUT2D eigenvalue weighted by molar-refractivity contribution is 6.62. The number of benzene rings is 2. The normalized spacial score (nSPS) is 17.9. The first kappa shape index (κ1) is 23.0. The summed E-state index contributed by atoms with van der Waals surface area (Å²) < 4.78 is 12.1. The highest BCUT2D eigenvalue weighted by Gasteiger charge is 2.51.